The second-order valence-electron chi connectivity index (χ2n) is 11.0. The van der Waals surface area contributed by atoms with Crippen LogP contribution in [0.15, 0.2) is 9.93 Å². The molecule has 11 heteroatoms. The summed E-state index contributed by atoms with van der Waals surface area (Å²) >= 11 is 2.82. The van der Waals surface area contributed by atoms with E-state index in [-0.39, 0.29) is 28.6 Å². The van der Waals surface area contributed by atoms with Gasteiger partial charge in [0.05, 0.1) is 16.3 Å². The predicted molar refractivity (Wildman–Crippen MR) is 162 cm³/mol. The summed E-state index contributed by atoms with van der Waals surface area (Å²) in [7, 11) is -0.864. The number of fused-ring (bicyclic) bond motifs is 1. The molecule has 0 aromatic rings. The van der Waals surface area contributed by atoms with E-state index in [0.717, 1.165) is 25.7 Å². The first-order valence-corrected chi connectivity index (χ1v) is 18.3. The fraction of sp³-hybridized carbons (Fsp3) is 0.828. The average molecular weight is 618 g/mol. The van der Waals surface area contributed by atoms with Gasteiger partial charge in [-0.1, -0.05) is 95.7 Å². The molecular weight excluding hydrogens is 571 g/mol. The van der Waals surface area contributed by atoms with Crippen LogP contribution in [-0.2, 0) is 34.7 Å². The number of thioether (sulfide) groups is 2. The highest BCUT2D eigenvalue weighted by Crippen LogP contribution is 2.55. The van der Waals surface area contributed by atoms with Crippen LogP contribution in [0, 0.1) is 5.92 Å². The number of rotatable bonds is 20. The molecular formula is C29H47NO7S3. The van der Waals surface area contributed by atoms with Crippen molar-refractivity contribution in [3.8, 4) is 0 Å². The third kappa shape index (κ3) is 10.1. The number of aliphatic hydroxyl groups excluding tert-OH is 1. The Balaban J connectivity index is 1.30. The van der Waals surface area contributed by atoms with E-state index in [2.05, 4.69) is 6.92 Å². The molecule has 3 heterocycles. The molecule has 2 saturated heterocycles. The van der Waals surface area contributed by atoms with E-state index in [1.54, 1.807) is 6.92 Å². The summed E-state index contributed by atoms with van der Waals surface area (Å²) in [5.41, 5.74) is 0.145. The Kier molecular flexibility index (Phi) is 14.9. The van der Waals surface area contributed by atoms with E-state index >= 15 is 0 Å². The molecule has 0 aromatic heterocycles. The van der Waals surface area contributed by atoms with Crippen molar-refractivity contribution < 1.29 is 33.2 Å². The van der Waals surface area contributed by atoms with Crippen LogP contribution in [-0.4, -0.2) is 67.1 Å². The van der Waals surface area contributed by atoms with Crippen molar-refractivity contribution in [3.05, 3.63) is 9.93 Å². The molecule has 3 rings (SSSR count). The lowest BCUT2D eigenvalue weighted by molar-refractivity contribution is -0.169. The zero-order valence-electron chi connectivity index (χ0n) is 24.1. The van der Waals surface area contributed by atoms with Crippen LogP contribution >= 0.6 is 23.5 Å². The van der Waals surface area contributed by atoms with Gasteiger partial charge >= 0.3 is 11.9 Å². The number of aliphatic hydroxyl groups is 1. The Hall–Kier alpha value is -1.04. The molecule has 0 spiro atoms. The lowest BCUT2D eigenvalue weighted by Crippen LogP contribution is -2.60. The number of β-lactam (4-membered cyclic amide) rings is 1. The smallest absolute Gasteiger partial charge is 0.359 e. The Labute approximate surface area is 250 Å². The van der Waals surface area contributed by atoms with E-state index in [4.69, 9.17) is 9.47 Å². The molecule has 40 heavy (non-hydrogen) atoms. The number of hydrogen-bond acceptors (Lipinski definition) is 9. The third-order valence-corrected chi connectivity index (χ3v) is 12.2. The maximum Gasteiger partial charge on any atom is 0.359 e. The summed E-state index contributed by atoms with van der Waals surface area (Å²) < 4.78 is 22.8. The van der Waals surface area contributed by atoms with Gasteiger partial charge in [0.15, 0.2) is 5.70 Å². The predicted octanol–water partition coefficient (Wildman–Crippen LogP) is 5.85. The molecule has 0 bridgehead atoms. The topological polar surface area (TPSA) is 110 Å². The zero-order valence-corrected chi connectivity index (χ0v) is 26.6. The average Bonchev–Trinajstić information content (AvgIpc) is 3.47. The number of amides is 1. The molecule has 1 amide bonds. The van der Waals surface area contributed by atoms with Crippen LogP contribution in [0.2, 0.25) is 0 Å². The number of ether oxygens (including phenoxy) is 2. The van der Waals surface area contributed by atoms with E-state index < -0.39 is 41.6 Å². The van der Waals surface area contributed by atoms with Crippen LogP contribution in [0.3, 0.4) is 0 Å². The van der Waals surface area contributed by atoms with Crippen molar-refractivity contribution in [2.24, 2.45) is 5.92 Å². The van der Waals surface area contributed by atoms with Gasteiger partial charge in [-0.3, -0.25) is 18.7 Å². The van der Waals surface area contributed by atoms with Crippen molar-refractivity contribution >= 4 is 52.2 Å². The largest absolute Gasteiger partial charge is 0.428 e. The van der Waals surface area contributed by atoms with E-state index in [0.29, 0.717) is 15.7 Å². The van der Waals surface area contributed by atoms with Crippen molar-refractivity contribution in [2.75, 3.05) is 18.3 Å². The molecule has 5 atom stereocenters. The summed E-state index contributed by atoms with van der Waals surface area (Å²) in [4.78, 5) is 39.1. The second-order valence-corrected chi connectivity index (χ2v) is 15.3. The molecule has 0 radical (unpaired) electrons. The molecule has 1 N–H and O–H groups in total. The van der Waals surface area contributed by atoms with Gasteiger partial charge in [-0.15, -0.1) is 11.8 Å². The van der Waals surface area contributed by atoms with Crippen molar-refractivity contribution in [1.29, 1.82) is 0 Å². The summed E-state index contributed by atoms with van der Waals surface area (Å²) in [6.45, 7) is 3.32. The van der Waals surface area contributed by atoms with Gasteiger partial charge in [-0.05, 0) is 19.8 Å². The van der Waals surface area contributed by atoms with Crippen LogP contribution in [0.5, 0.6) is 0 Å². The highest BCUT2D eigenvalue weighted by Gasteiger charge is 2.58. The third-order valence-electron chi connectivity index (χ3n) is 7.67. The Morgan fingerprint density at radius 3 is 2.17 bits per heavy atom. The summed E-state index contributed by atoms with van der Waals surface area (Å²) in [6.07, 6.45) is 16.2. The highest BCUT2D eigenvalue weighted by molar-refractivity contribution is 8.23. The highest BCUT2D eigenvalue weighted by atomic mass is 32.2. The monoisotopic (exact) mass is 617 g/mol. The molecule has 0 aromatic carbocycles. The lowest BCUT2D eigenvalue weighted by atomic mass is 9.92. The Bertz CT molecular complexity index is 910. The second kappa shape index (κ2) is 17.8. The SMILES string of the molecule is CCCCCCCCCCCCCCCC(=O)OCOC(=O)C1=C(S[C@H]2CC[S@](=O)C2)S[C@@H]2[C@@H]([C@@H](C)O)C(=O)N12. The first-order chi connectivity index (χ1) is 19.3. The summed E-state index contributed by atoms with van der Waals surface area (Å²) in [6, 6.07) is 0. The minimum absolute atomic E-state index is 0.100. The number of hydrogen-bond donors (Lipinski definition) is 1. The fourth-order valence-corrected chi connectivity index (χ4v) is 10.5. The molecule has 2 fully saturated rings. The van der Waals surface area contributed by atoms with Crippen LogP contribution in [0.4, 0.5) is 0 Å². The maximum atomic E-state index is 13.0. The molecule has 0 saturated carbocycles. The van der Waals surface area contributed by atoms with Crippen LogP contribution in [0.25, 0.3) is 0 Å². The number of carbonyl (C=O) groups excluding carboxylic acids is 3. The lowest BCUT2D eigenvalue weighted by Gasteiger charge is -2.43. The van der Waals surface area contributed by atoms with E-state index in [9.17, 15) is 23.7 Å². The van der Waals surface area contributed by atoms with Crippen molar-refractivity contribution in [2.45, 2.75) is 127 Å². The molecule has 228 valence electrons. The van der Waals surface area contributed by atoms with Crippen LogP contribution in [0.1, 0.15) is 110 Å². The molecule has 8 nitrogen and oxygen atoms in total. The quantitative estimate of drug-likeness (QED) is 0.0779. The number of carbonyl (C=O) groups is 3. The standard InChI is InChI=1S/C29H47NO7S3/c1-3-4-5-6-7-8-9-10-11-12-13-14-15-16-23(32)36-20-37-28(34)25-29(38-22-17-18-40(35)19-22)39-27-24(21(2)31)26(33)30(25)27/h21-22,24,27,31H,3-20H2,1-2H3/t21-,22+,24+,27-,40+/m1/s1. The minimum atomic E-state index is -0.864. The minimum Gasteiger partial charge on any atom is -0.428 e. The summed E-state index contributed by atoms with van der Waals surface area (Å²) in [5, 5.41) is 9.76. The fourth-order valence-electron chi connectivity index (χ4n) is 5.28. The summed E-state index contributed by atoms with van der Waals surface area (Å²) in [5.74, 6) is -0.839. The van der Waals surface area contributed by atoms with Gasteiger partial charge in [0.25, 0.3) is 0 Å². The van der Waals surface area contributed by atoms with Gasteiger partial charge < -0.3 is 14.6 Å². The zero-order chi connectivity index (χ0) is 28.9. The van der Waals surface area contributed by atoms with Gasteiger partial charge in [-0.25, -0.2) is 4.79 Å². The van der Waals surface area contributed by atoms with Gasteiger partial charge in [-0.2, -0.15) is 0 Å². The van der Waals surface area contributed by atoms with Gasteiger partial charge in [0.1, 0.15) is 5.37 Å². The number of esters is 2. The normalized spacial score (nSPS) is 24.7. The van der Waals surface area contributed by atoms with Crippen molar-refractivity contribution in [3.63, 3.8) is 0 Å². The van der Waals surface area contributed by atoms with E-state index in [1.807, 2.05) is 0 Å². The number of nitrogens with zero attached hydrogens (tertiary/aromatic N) is 1. The molecule has 3 aliphatic heterocycles. The molecule has 3 aliphatic rings. The van der Waals surface area contributed by atoms with Crippen LogP contribution < -0.4 is 0 Å². The first-order valence-electron chi connectivity index (χ1n) is 15.1. The van der Waals surface area contributed by atoms with E-state index in [1.165, 1.54) is 92.6 Å². The van der Waals surface area contributed by atoms with Gasteiger partial charge in [0.2, 0.25) is 12.7 Å². The maximum absolute atomic E-state index is 13.0. The first kappa shape index (κ1) is 33.5. The number of unbranched alkanes of at least 4 members (excludes halogenated alkanes) is 12. The Morgan fingerprint density at radius 2 is 1.62 bits per heavy atom. The molecule has 0 aliphatic carbocycles. The van der Waals surface area contributed by atoms with Crippen molar-refractivity contribution in [1.82, 2.24) is 4.90 Å². The Morgan fingerprint density at radius 1 is 1.02 bits per heavy atom. The molecule has 0 unspecified atom stereocenters. The van der Waals surface area contributed by atoms with Gasteiger partial charge in [0, 0.05) is 34.0 Å².